The third-order valence-corrected chi connectivity index (χ3v) is 3.11. The molecule has 0 bridgehead atoms. The molecule has 0 saturated carbocycles. The van der Waals surface area contributed by atoms with Gasteiger partial charge in [0.05, 0.1) is 5.69 Å². The van der Waals surface area contributed by atoms with Crippen molar-refractivity contribution in [3.05, 3.63) is 24.0 Å². The van der Waals surface area contributed by atoms with Crippen molar-refractivity contribution in [1.82, 2.24) is 9.88 Å². The number of likely N-dealkylation sites (tertiary alicyclic amines) is 1. The number of likely N-dealkylation sites (N-methyl/N-ethyl adjacent to an activating group) is 1. The van der Waals surface area contributed by atoms with Gasteiger partial charge in [-0.25, -0.2) is 4.98 Å². The Balaban J connectivity index is 1.97. The molecule has 1 aromatic heterocycles. The topological polar surface area (TPSA) is 52.0 Å². The minimum atomic E-state index is 0.475. The Hall–Kier alpha value is -1.60. The number of hydrogen-bond acceptors (Lipinski definition) is 4. The van der Waals surface area contributed by atoms with E-state index in [-0.39, 0.29) is 0 Å². The van der Waals surface area contributed by atoms with Crippen LogP contribution in [0.4, 0.5) is 5.69 Å². The first kappa shape index (κ1) is 10.9. The van der Waals surface area contributed by atoms with E-state index in [2.05, 4.69) is 28.3 Å². The molecule has 1 saturated heterocycles. The molecule has 0 aliphatic carbocycles. The van der Waals surface area contributed by atoms with E-state index in [4.69, 9.17) is 5.26 Å². The number of hydrogen-bond donors (Lipinski definition) is 1. The van der Waals surface area contributed by atoms with E-state index in [1.807, 2.05) is 12.1 Å². The fraction of sp³-hybridized carbons (Fsp3) is 0.500. The highest BCUT2D eigenvalue weighted by Crippen LogP contribution is 2.17. The molecule has 0 aromatic carbocycles. The van der Waals surface area contributed by atoms with Gasteiger partial charge >= 0.3 is 0 Å². The highest BCUT2D eigenvalue weighted by atomic mass is 15.2. The predicted molar refractivity (Wildman–Crippen MR) is 63.1 cm³/mol. The second-order valence-electron chi connectivity index (χ2n) is 4.17. The molecule has 1 N–H and O–H groups in total. The monoisotopic (exact) mass is 216 g/mol. The van der Waals surface area contributed by atoms with Crippen LogP contribution in [0.15, 0.2) is 18.3 Å². The molecular formula is C12H16N4. The lowest BCUT2D eigenvalue weighted by atomic mass is 10.2. The molecule has 2 rings (SSSR count). The van der Waals surface area contributed by atoms with Crippen molar-refractivity contribution >= 4 is 5.69 Å². The molecule has 0 spiro atoms. The standard InChI is InChI=1S/C12H16N4/c1-16-7-3-4-10(16)9-15-11-5-2-6-14-12(11)8-13/h2,5-6,10,15H,3-4,7,9H2,1H3. The largest absolute Gasteiger partial charge is 0.381 e. The molecular weight excluding hydrogens is 200 g/mol. The van der Waals surface area contributed by atoms with Gasteiger partial charge in [-0.2, -0.15) is 5.26 Å². The van der Waals surface area contributed by atoms with Crippen LogP contribution in [0.25, 0.3) is 0 Å². The summed E-state index contributed by atoms with van der Waals surface area (Å²) in [5.41, 5.74) is 1.31. The number of nitrogens with one attached hydrogen (secondary N) is 1. The fourth-order valence-electron chi connectivity index (χ4n) is 2.10. The smallest absolute Gasteiger partial charge is 0.163 e. The average molecular weight is 216 g/mol. The number of rotatable bonds is 3. The van der Waals surface area contributed by atoms with Crippen LogP contribution >= 0.6 is 0 Å². The van der Waals surface area contributed by atoms with Crippen LogP contribution in [-0.2, 0) is 0 Å². The van der Waals surface area contributed by atoms with Crippen LogP contribution in [-0.4, -0.2) is 36.1 Å². The second kappa shape index (κ2) is 4.95. The Morgan fingerprint density at radius 3 is 3.25 bits per heavy atom. The molecule has 84 valence electrons. The summed E-state index contributed by atoms with van der Waals surface area (Å²) in [5, 5.41) is 12.2. The van der Waals surface area contributed by atoms with E-state index >= 15 is 0 Å². The summed E-state index contributed by atoms with van der Waals surface area (Å²) in [7, 11) is 2.15. The average Bonchev–Trinajstić information content (AvgIpc) is 2.72. The van der Waals surface area contributed by atoms with Gasteiger partial charge in [0.2, 0.25) is 0 Å². The van der Waals surface area contributed by atoms with Crippen molar-refractivity contribution in [2.75, 3.05) is 25.5 Å². The summed E-state index contributed by atoms with van der Waals surface area (Å²) < 4.78 is 0. The van der Waals surface area contributed by atoms with E-state index in [1.54, 1.807) is 6.20 Å². The molecule has 16 heavy (non-hydrogen) atoms. The summed E-state index contributed by atoms with van der Waals surface area (Å²) in [6, 6.07) is 6.42. The van der Waals surface area contributed by atoms with Crippen LogP contribution in [0.2, 0.25) is 0 Å². The van der Waals surface area contributed by atoms with Crippen LogP contribution in [0.5, 0.6) is 0 Å². The lowest BCUT2D eigenvalue weighted by Crippen LogP contribution is -2.31. The molecule has 1 aliphatic heterocycles. The van der Waals surface area contributed by atoms with Crippen molar-refractivity contribution in [3.63, 3.8) is 0 Å². The SMILES string of the molecule is CN1CCCC1CNc1cccnc1C#N. The molecule has 2 heterocycles. The molecule has 4 nitrogen and oxygen atoms in total. The molecule has 1 fully saturated rings. The van der Waals surface area contributed by atoms with Gasteiger partial charge in [0.1, 0.15) is 6.07 Å². The normalized spacial score (nSPS) is 20.6. The van der Waals surface area contributed by atoms with Gasteiger partial charge in [0.15, 0.2) is 5.69 Å². The van der Waals surface area contributed by atoms with Crippen LogP contribution < -0.4 is 5.32 Å². The van der Waals surface area contributed by atoms with Crippen molar-refractivity contribution in [2.45, 2.75) is 18.9 Å². The third kappa shape index (κ3) is 2.31. The molecule has 0 radical (unpaired) electrons. The lowest BCUT2D eigenvalue weighted by Gasteiger charge is -2.20. The molecule has 1 aromatic rings. The van der Waals surface area contributed by atoms with E-state index < -0.39 is 0 Å². The van der Waals surface area contributed by atoms with Gasteiger partial charge in [0, 0.05) is 18.8 Å². The maximum absolute atomic E-state index is 8.90. The Morgan fingerprint density at radius 2 is 2.56 bits per heavy atom. The Morgan fingerprint density at radius 1 is 1.69 bits per heavy atom. The highest BCUT2D eigenvalue weighted by Gasteiger charge is 2.20. The number of anilines is 1. The first-order chi connectivity index (χ1) is 7.81. The first-order valence-corrected chi connectivity index (χ1v) is 5.60. The van der Waals surface area contributed by atoms with Crippen LogP contribution in [0, 0.1) is 11.3 Å². The second-order valence-corrected chi connectivity index (χ2v) is 4.17. The summed E-state index contributed by atoms with van der Waals surface area (Å²) in [6.07, 6.45) is 4.14. The summed E-state index contributed by atoms with van der Waals surface area (Å²) >= 11 is 0. The number of pyridine rings is 1. The first-order valence-electron chi connectivity index (χ1n) is 5.60. The molecule has 0 amide bonds. The number of aromatic nitrogens is 1. The van der Waals surface area contributed by atoms with Crippen molar-refractivity contribution < 1.29 is 0 Å². The van der Waals surface area contributed by atoms with Gasteiger partial charge in [-0.15, -0.1) is 0 Å². The Kier molecular flexibility index (Phi) is 3.37. The summed E-state index contributed by atoms with van der Waals surface area (Å²) in [5.74, 6) is 0. The van der Waals surface area contributed by atoms with Gasteiger partial charge in [-0.3, -0.25) is 0 Å². The van der Waals surface area contributed by atoms with E-state index in [9.17, 15) is 0 Å². The maximum atomic E-state index is 8.90. The number of nitrogens with zero attached hydrogens (tertiary/aromatic N) is 3. The predicted octanol–water partition coefficient (Wildman–Crippen LogP) is 1.46. The third-order valence-electron chi connectivity index (χ3n) is 3.11. The molecule has 4 heteroatoms. The highest BCUT2D eigenvalue weighted by molar-refractivity contribution is 5.53. The molecule has 1 aliphatic rings. The Labute approximate surface area is 95.9 Å². The quantitative estimate of drug-likeness (QED) is 0.831. The zero-order valence-corrected chi connectivity index (χ0v) is 9.48. The number of nitriles is 1. The minimum Gasteiger partial charge on any atom is -0.381 e. The van der Waals surface area contributed by atoms with E-state index in [0.29, 0.717) is 11.7 Å². The van der Waals surface area contributed by atoms with Crippen molar-refractivity contribution in [2.24, 2.45) is 0 Å². The van der Waals surface area contributed by atoms with Crippen LogP contribution in [0.1, 0.15) is 18.5 Å². The zero-order chi connectivity index (χ0) is 11.4. The minimum absolute atomic E-state index is 0.475. The van der Waals surface area contributed by atoms with Gasteiger partial charge < -0.3 is 10.2 Å². The fourth-order valence-corrected chi connectivity index (χ4v) is 2.10. The maximum Gasteiger partial charge on any atom is 0.163 e. The van der Waals surface area contributed by atoms with E-state index in [0.717, 1.165) is 12.2 Å². The van der Waals surface area contributed by atoms with Gasteiger partial charge in [-0.05, 0) is 38.6 Å². The lowest BCUT2D eigenvalue weighted by molar-refractivity contribution is 0.322. The molecule has 1 atom stereocenters. The van der Waals surface area contributed by atoms with Gasteiger partial charge in [-0.1, -0.05) is 0 Å². The van der Waals surface area contributed by atoms with Crippen LogP contribution in [0.3, 0.4) is 0 Å². The van der Waals surface area contributed by atoms with Gasteiger partial charge in [0.25, 0.3) is 0 Å². The van der Waals surface area contributed by atoms with E-state index in [1.165, 1.54) is 19.4 Å². The van der Waals surface area contributed by atoms with Crippen molar-refractivity contribution in [1.29, 1.82) is 5.26 Å². The summed E-state index contributed by atoms with van der Waals surface area (Å²) in [4.78, 5) is 6.38. The zero-order valence-electron chi connectivity index (χ0n) is 9.48. The Bertz CT molecular complexity index is 396. The summed E-state index contributed by atoms with van der Waals surface area (Å²) in [6.45, 7) is 2.06. The van der Waals surface area contributed by atoms with Crippen molar-refractivity contribution in [3.8, 4) is 6.07 Å². The molecule has 1 unspecified atom stereocenters.